The molecule has 0 amide bonds. The minimum atomic E-state index is 0.508. The van der Waals surface area contributed by atoms with Crippen LogP contribution >= 0.6 is 0 Å². The Hall–Kier alpha value is -2.36. The van der Waals surface area contributed by atoms with Crippen molar-refractivity contribution in [1.82, 2.24) is 14.8 Å². The minimum absolute atomic E-state index is 0.508. The van der Waals surface area contributed by atoms with Gasteiger partial charge in [-0.25, -0.2) is 4.98 Å². The van der Waals surface area contributed by atoms with Crippen LogP contribution < -0.4 is 4.74 Å². The van der Waals surface area contributed by atoms with E-state index < -0.39 is 0 Å². The van der Waals surface area contributed by atoms with E-state index in [2.05, 4.69) is 27.9 Å². The molecule has 1 aromatic heterocycles. The van der Waals surface area contributed by atoms with Gasteiger partial charge in [0, 0.05) is 19.1 Å². The molecule has 1 unspecified atom stereocenters. The van der Waals surface area contributed by atoms with Crippen molar-refractivity contribution in [3.05, 3.63) is 47.7 Å². The fraction of sp³-hybridized carbons (Fsp3) is 0.474. The first-order chi connectivity index (χ1) is 12.1. The van der Waals surface area contributed by atoms with Crippen LogP contribution in [0.3, 0.4) is 0 Å². The number of aryl methyl sites for hydroxylation is 1. The summed E-state index contributed by atoms with van der Waals surface area (Å²) in [5, 5.41) is 8.92. The van der Waals surface area contributed by atoms with Gasteiger partial charge in [-0.3, -0.25) is 9.80 Å². The third-order valence-corrected chi connectivity index (χ3v) is 4.56. The third-order valence-electron chi connectivity index (χ3n) is 4.56. The van der Waals surface area contributed by atoms with Gasteiger partial charge in [-0.1, -0.05) is 6.07 Å². The zero-order valence-corrected chi connectivity index (χ0v) is 14.8. The lowest BCUT2D eigenvalue weighted by molar-refractivity contribution is 0.192. The average Bonchev–Trinajstić information content (AvgIpc) is 3.24. The topological polar surface area (TPSA) is 65.5 Å². The predicted molar refractivity (Wildman–Crippen MR) is 94.2 cm³/mol. The van der Waals surface area contributed by atoms with Crippen LogP contribution in [0, 0.1) is 18.3 Å². The van der Waals surface area contributed by atoms with Gasteiger partial charge in [0.25, 0.3) is 0 Å². The number of hydrogen-bond acceptors (Lipinski definition) is 6. The highest BCUT2D eigenvalue weighted by atomic mass is 16.5. The molecule has 25 heavy (non-hydrogen) atoms. The van der Waals surface area contributed by atoms with Crippen molar-refractivity contribution in [2.24, 2.45) is 0 Å². The molecule has 1 aliphatic heterocycles. The largest absolute Gasteiger partial charge is 0.492 e. The van der Waals surface area contributed by atoms with Crippen LogP contribution in [0.5, 0.6) is 5.75 Å². The number of ether oxygens (including phenoxy) is 1. The van der Waals surface area contributed by atoms with Gasteiger partial charge in [-0.2, -0.15) is 5.26 Å². The number of likely N-dealkylation sites (N-methyl/N-ethyl adjacent to an activating group) is 1. The third kappa shape index (κ3) is 4.81. The molecule has 0 bridgehead atoms. The summed E-state index contributed by atoms with van der Waals surface area (Å²) in [6, 6.07) is 9.93. The van der Waals surface area contributed by atoms with Crippen LogP contribution in [0.2, 0.25) is 0 Å². The lowest BCUT2D eigenvalue weighted by atomic mass is 10.2. The Morgan fingerprint density at radius 3 is 3.12 bits per heavy atom. The Labute approximate surface area is 148 Å². The van der Waals surface area contributed by atoms with Gasteiger partial charge in [-0.15, -0.1) is 0 Å². The molecular formula is C19H24N4O2. The van der Waals surface area contributed by atoms with Gasteiger partial charge in [0.05, 0.1) is 24.4 Å². The molecule has 6 nitrogen and oxygen atoms in total. The number of nitrogens with zero attached hydrogens (tertiary/aromatic N) is 4. The maximum atomic E-state index is 8.92. The molecular weight excluding hydrogens is 316 g/mol. The summed E-state index contributed by atoms with van der Waals surface area (Å²) in [7, 11) is 2.12. The molecule has 1 fully saturated rings. The summed E-state index contributed by atoms with van der Waals surface area (Å²) >= 11 is 0. The first-order valence-corrected chi connectivity index (χ1v) is 8.61. The lowest BCUT2D eigenvalue weighted by Gasteiger charge is -2.23. The summed E-state index contributed by atoms with van der Waals surface area (Å²) in [5.41, 5.74) is 0.627. The van der Waals surface area contributed by atoms with E-state index in [1.807, 2.05) is 19.1 Å². The van der Waals surface area contributed by atoms with Crippen molar-refractivity contribution in [2.75, 3.05) is 33.3 Å². The van der Waals surface area contributed by atoms with Crippen LogP contribution in [0.1, 0.15) is 23.6 Å². The zero-order chi connectivity index (χ0) is 17.6. The van der Waals surface area contributed by atoms with E-state index in [9.17, 15) is 0 Å². The highest BCUT2D eigenvalue weighted by Gasteiger charge is 2.26. The van der Waals surface area contributed by atoms with Crippen molar-refractivity contribution in [3.63, 3.8) is 0 Å². The van der Waals surface area contributed by atoms with Crippen molar-refractivity contribution < 1.29 is 9.15 Å². The summed E-state index contributed by atoms with van der Waals surface area (Å²) < 4.78 is 11.3. The number of nitriles is 1. The lowest BCUT2D eigenvalue weighted by Crippen LogP contribution is -2.35. The normalized spacial score (nSPS) is 17.8. The molecule has 2 heterocycles. The summed E-state index contributed by atoms with van der Waals surface area (Å²) in [6.45, 7) is 6.27. The molecule has 0 spiro atoms. The minimum Gasteiger partial charge on any atom is -0.492 e. The average molecular weight is 340 g/mol. The molecule has 0 saturated carbocycles. The number of aromatic nitrogens is 1. The number of hydrogen-bond donors (Lipinski definition) is 0. The quantitative estimate of drug-likeness (QED) is 0.771. The Balaban J connectivity index is 1.41. The Kier molecular flexibility index (Phi) is 5.69. The van der Waals surface area contributed by atoms with Crippen LogP contribution in [-0.2, 0) is 6.54 Å². The molecule has 0 N–H and O–H groups in total. The van der Waals surface area contributed by atoms with Crippen molar-refractivity contribution in [2.45, 2.75) is 25.9 Å². The molecule has 2 aromatic rings. The first-order valence-electron chi connectivity index (χ1n) is 8.61. The highest BCUT2D eigenvalue weighted by molar-refractivity contribution is 5.36. The van der Waals surface area contributed by atoms with E-state index in [4.69, 9.17) is 14.4 Å². The summed E-state index contributed by atoms with van der Waals surface area (Å²) in [5.74, 6) is 2.39. The van der Waals surface area contributed by atoms with E-state index in [-0.39, 0.29) is 0 Å². The molecule has 1 aliphatic rings. The molecule has 1 aromatic carbocycles. The SMILES string of the molecule is Cc1cnc(CN(C)C2CCN(CCOc3cccc(C#N)c3)C2)o1. The molecule has 0 radical (unpaired) electrons. The maximum Gasteiger partial charge on any atom is 0.208 e. The second-order valence-corrected chi connectivity index (χ2v) is 6.51. The predicted octanol–water partition coefficient (Wildman–Crippen LogP) is 2.44. The van der Waals surface area contributed by atoms with Gasteiger partial charge in [0.1, 0.15) is 18.1 Å². The van der Waals surface area contributed by atoms with Gasteiger partial charge >= 0.3 is 0 Å². The highest BCUT2D eigenvalue weighted by Crippen LogP contribution is 2.17. The standard InChI is InChI=1S/C19H24N4O2/c1-15-12-21-19(25-15)14-22(2)17-6-7-23(13-17)8-9-24-18-5-3-4-16(10-18)11-20/h3-5,10,12,17H,6-9,13-14H2,1-2H3. The zero-order valence-electron chi connectivity index (χ0n) is 14.8. The Bertz CT molecular complexity index is 737. The summed E-state index contributed by atoms with van der Waals surface area (Å²) in [6.07, 6.45) is 2.91. The second kappa shape index (κ2) is 8.15. The maximum absolute atomic E-state index is 8.92. The second-order valence-electron chi connectivity index (χ2n) is 6.51. The van der Waals surface area contributed by atoms with Gasteiger partial charge in [-0.05, 0) is 45.1 Å². The van der Waals surface area contributed by atoms with E-state index in [1.165, 1.54) is 0 Å². The fourth-order valence-corrected chi connectivity index (χ4v) is 3.14. The molecule has 0 aliphatic carbocycles. The van der Waals surface area contributed by atoms with Crippen molar-refractivity contribution >= 4 is 0 Å². The Morgan fingerprint density at radius 1 is 1.48 bits per heavy atom. The van der Waals surface area contributed by atoms with E-state index >= 15 is 0 Å². The van der Waals surface area contributed by atoms with Gasteiger partial charge in [0.2, 0.25) is 5.89 Å². The van der Waals surface area contributed by atoms with Crippen LogP contribution in [-0.4, -0.2) is 54.1 Å². The monoisotopic (exact) mass is 340 g/mol. The summed E-state index contributed by atoms with van der Waals surface area (Å²) in [4.78, 5) is 9.00. The van der Waals surface area contributed by atoms with Gasteiger partial charge in [0.15, 0.2) is 0 Å². The van der Waals surface area contributed by atoms with Crippen LogP contribution in [0.4, 0.5) is 0 Å². The van der Waals surface area contributed by atoms with Crippen LogP contribution in [0.15, 0.2) is 34.9 Å². The van der Waals surface area contributed by atoms with Crippen molar-refractivity contribution in [1.29, 1.82) is 5.26 Å². The number of benzene rings is 1. The van der Waals surface area contributed by atoms with Gasteiger partial charge < -0.3 is 9.15 Å². The smallest absolute Gasteiger partial charge is 0.208 e. The Morgan fingerprint density at radius 2 is 2.36 bits per heavy atom. The van der Waals surface area contributed by atoms with E-state index in [1.54, 1.807) is 18.3 Å². The first kappa shape index (κ1) is 17.5. The fourth-order valence-electron chi connectivity index (χ4n) is 3.14. The molecule has 3 rings (SSSR count). The molecule has 1 saturated heterocycles. The van der Waals surface area contributed by atoms with Crippen molar-refractivity contribution in [3.8, 4) is 11.8 Å². The van der Waals surface area contributed by atoms with Crippen LogP contribution in [0.25, 0.3) is 0 Å². The molecule has 1 atom stereocenters. The number of likely N-dealkylation sites (tertiary alicyclic amines) is 1. The number of rotatable bonds is 7. The number of oxazole rings is 1. The van der Waals surface area contributed by atoms with E-state index in [0.29, 0.717) is 18.2 Å². The molecule has 132 valence electrons. The molecule has 6 heteroatoms. The van der Waals surface area contributed by atoms with E-state index in [0.717, 1.165) is 50.0 Å².